The summed E-state index contributed by atoms with van der Waals surface area (Å²) in [6.45, 7) is 1.17. The summed E-state index contributed by atoms with van der Waals surface area (Å²) >= 11 is 0. The van der Waals surface area contributed by atoms with Crippen LogP contribution in [0, 0.1) is 5.92 Å². The number of amides is 8. The second-order valence-electron chi connectivity index (χ2n) is 14.7. The van der Waals surface area contributed by atoms with Crippen LogP contribution in [0.4, 0.5) is 0 Å². The number of primary amides is 1. The minimum Gasteiger partial charge on any atom is -0.480 e. The Morgan fingerprint density at radius 1 is 0.770 bits per heavy atom. The van der Waals surface area contributed by atoms with Crippen LogP contribution in [0.5, 0.6) is 0 Å². The Bertz CT molecular complexity index is 1940. The van der Waals surface area contributed by atoms with E-state index in [2.05, 4.69) is 36.9 Å². The van der Waals surface area contributed by atoms with E-state index in [1.54, 1.807) is 30.5 Å². The van der Waals surface area contributed by atoms with Gasteiger partial charge in [-0.15, -0.1) is 0 Å². The summed E-state index contributed by atoms with van der Waals surface area (Å²) in [4.78, 5) is 120. The van der Waals surface area contributed by atoms with Gasteiger partial charge in [-0.25, -0.2) is 4.79 Å². The van der Waals surface area contributed by atoms with Gasteiger partial charge < -0.3 is 78.8 Å². The van der Waals surface area contributed by atoms with Crippen molar-refractivity contribution in [1.29, 1.82) is 0 Å². The molecule has 0 saturated carbocycles. The zero-order valence-corrected chi connectivity index (χ0v) is 33.6. The molecule has 0 aliphatic carbocycles. The van der Waals surface area contributed by atoms with Crippen molar-refractivity contribution in [2.24, 2.45) is 17.4 Å². The second-order valence-corrected chi connectivity index (χ2v) is 14.7. The number of carbonyl (C=O) groups excluding carboxylic acids is 8. The van der Waals surface area contributed by atoms with Crippen LogP contribution in [0.2, 0.25) is 0 Å². The number of hydrogen-bond donors (Lipinski definition) is 14. The molecule has 1 aliphatic heterocycles. The number of benzene rings is 1. The van der Waals surface area contributed by atoms with E-state index in [-0.39, 0.29) is 19.4 Å². The number of likely N-dealkylation sites (tertiary alicyclic amines) is 1. The summed E-state index contributed by atoms with van der Waals surface area (Å²) in [6.07, 6.45) is -0.692. The van der Waals surface area contributed by atoms with Gasteiger partial charge in [-0.3, -0.25) is 38.4 Å². The normalized spacial score (nSPS) is 18.9. The first-order chi connectivity index (χ1) is 28.7. The molecule has 24 heteroatoms. The van der Waals surface area contributed by atoms with E-state index >= 15 is 0 Å². The molecular weight excluding hydrogens is 808 g/mol. The average Bonchev–Trinajstić information content (AvgIpc) is 3.81. The lowest BCUT2D eigenvalue weighted by Gasteiger charge is -2.29. The van der Waals surface area contributed by atoms with E-state index in [1.807, 2.05) is 0 Å². The third kappa shape index (κ3) is 13.1. The molecule has 8 amide bonds. The van der Waals surface area contributed by atoms with Crippen molar-refractivity contribution in [2.45, 2.75) is 94.5 Å². The van der Waals surface area contributed by atoms with Crippen LogP contribution in [0.15, 0.2) is 30.5 Å². The molecule has 1 fully saturated rings. The lowest BCUT2D eigenvalue weighted by Crippen LogP contribution is -2.62. The number of fused-ring (bicyclic) bond motifs is 1. The fourth-order valence-electron chi connectivity index (χ4n) is 6.41. The predicted molar refractivity (Wildman–Crippen MR) is 211 cm³/mol. The number of H-pyrrole nitrogens is 1. The molecule has 0 bridgehead atoms. The lowest BCUT2D eigenvalue weighted by molar-refractivity contribution is -0.143. The van der Waals surface area contributed by atoms with Crippen LogP contribution in [0.3, 0.4) is 0 Å². The second kappa shape index (κ2) is 22.4. The fraction of sp³-hybridized carbons (Fsp3) is 0.541. The zero-order chi connectivity index (χ0) is 45.7. The van der Waals surface area contributed by atoms with E-state index in [0.29, 0.717) is 16.5 Å². The van der Waals surface area contributed by atoms with Crippen LogP contribution < -0.4 is 43.4 Å². The van der Waals surface area contributed by atoms with Gasteiger partial charge in [0.2, 0.25) is 47.3 Å². The number of rotatable bonds is 22. The Labute approximate surface area is 348 Å². The molecular formula is C37H54N10O14. The summed E-state index contributed by atoms with van der Waals surface area (Å²) < 4.78 is 0. The minimum atomic E-state index is -1.86. The molecule has 0 radical (unpaired) electrons. The van der Waals surface area contributed by atoms with Gasteiger partial charge in [-0.2, -0.15) is 0 Å². The van der Waals surface area contributed by atoms with Crippen molar-refractivity contribution in [2.75, 3.05) is 26.4 Å². The highest BCUT2D eigenvalue weighted by Crippen LogP contribution is 2.21. The van der Waals surface area contributed by atoms with Gasteiger partial charge in [0.25, 0.3) is 0 Å². The van der Waals surface area contributed by atoms with Crippen LogP contribution in [-0.2, 0) is 49.6 Å². The molecule has 1 aliphatic rings. The van der Waals surface area contributed by atoms with Crippen molar-refractivity contribution in [3.05, 3.63) is 36.0 Å². The van der Waals surface area contributed by atoms with Crippen molar-refractivity contribution in [1.82, 2.24) is 41.8 Å². The van der Waals surface area contributed by atoms with Crippen LogP contribution in [-0.4, -0.2) is 169 Å². The molecule has 24 nitrogen and oxygen atoms in total. The summed E-state index contributed by atoms with van der Waals surface area (Å²) in [5.74, 6) is -10.8. The average molecular weight is 863 g/mol. The maximum absolute atomic E-state index is 13.8. The number of aliphatic hydroxyl groups is 4. The predicted octanol–water partition coefficient (Wildman–Crippen LogP) is -6.48. The first-order valence-corrected chi connectivity index (χ1v) is 19.2. The minimum absolute atomic E-state index is 0.0227. The molecule has 0 spiro atoms. The molecule has 1 unspecified atom stereocenters. The fourth-order valence-corrected chi connectivity index (χ4v) is 6.41. The Kier molecular flexibility index (Phi) is 18.1. The highest BCUT2D eigenvalue weighted by Gasteiger charge is 2.43. The molecule has 3 rings (SSSR count). The number of hydrogen-bond acceptors (Lipinski definition) is 14. The maximum atomic E-state index is 13.8. The summed E-state index contributed by atoms with van der Waals surface area (Å²) in [7, 11) is 0. The summed E-state index contributed by atoms with van der Waals surface area (Å²) in [5, 5.41) is 63.6. The molecule has 1 aromatic carbocycles. The Hall–Kier alpha value is -6.21. The molecule has 2 aromatic rings. The number of nitrogens with zero attached hydrogens (tertiary/aromatic N) is 1. The third-order valence-corrected chi connectivity index (χ3v) is 9.88. The number of carbonyl (C=O) groups is 9. The van der Waals surface area contributed by atoms with Gasteiger partial charge >= 0.3 is 5.97 Å². The highest BCUT2D eigenvalue weighted by molar-refractivity contribution is 5.99. The van der Waals surface area contributed by atoms with E-state index < -0.39 is 140 Å². The summed E-state index contributed by atoms with van der Waals surface area (Å²) in [5.41, 5.74) is 12.2. The Morgan fingerprint density at radius 3 is 1.93 bits per heavy atom. The zero-order valence-electron chi connectivity index (χ0n) is 33.6. The van der Waals surface area contributed by atoms with E-state index in [4.69, 9.17) is 11.5 Å². The van der Waals surface area contributed by atoms with Crippen LogP contribution in [0.1, 0.15) is 39.2 Å². The number of nitrogens with two attached hydrogens (primary N) is 2. The number of aliphatic hydroxyl groups excluding tert-OH is 4. The van der Waals surface area contributed by atoms with Gasteiger partial charge in [0, 0.05) is 42.6 Å². The highest BCUT2D eigenvalue weighted by atomic mass is 16.4. The van der Waals surface area contributed by atoms with Crippen LogP contribution >= 0.6 is 0 Å². The largest absolute Gasteiger partial charge is 0.480 e. The van der Waals surface area contributed by atoms with Crippen molar-refractivity contribution < 1.29 is 68.7 Å². The number of nitrogens with one attached hydrogen (secondary N) is 7. The van der Waals surface area contributed by atoms with Crippen molar-refractivity contribution >= 4 is 64.1 Å². The van der Waals surface area contributed by atoms with Crippen molar-refractivity contribution in [3.8, 4) is 0 Å². The van der Waals surface area contributed by atoms with Crippen molar-refractivity contribution in [3.63, 3.8) is 0 Å². The molecule has 1 aromatic heterocycles. The van der Waals surface area contributed by atoms with E-state index in [1.165, 1.54) is 20.8 Å². The molecule has 10 atom stereocenters. The number of carboxylic acid groups (broad SMARTS) is 1. The third-order valence-electron chi connectivity index (χ3n) is 9.88. The van der Waals surface area contributed by atoms with Crippen LogP contribution in [0.25, 0.3) is 10.9 Å². The number of aromatic amines is 1. The Balaban J connectivity index is 1.76. The first kappa shape index (κ1) is 49.2. The van der Waals surface area contributed by atoms with Gasteiger partial charge in [-0.1, -0.05) is 25.1 Å². The first-order valence-electron chi connectivity index (χ1n) is 19.2. The number of carboxylic acids is 1. The quantitative estimate of drug-likeness (QED) is 0.0524. The standard InChI is InChI=1S/C37H54N10O14/c1-16(13-48)28(34(57)43-22(31(54)45-25(15-50)37(60)61)10-19-12-40-21-7-5-4-6-20(19)21)46-33(56)24(14-49)44-32(55)23(11-27(39)52)42-30(53)18(3)41-35(58)29-26(51)8-9-47(29)36(59)17(2)38/h4-7,12,16-18,22-26,28-29,40,48-51H,8-11,13-15,38H2,1-3H3,(H2,39,52)(H,41,58)(H,42,53)(H,43,57)(H,44,55)(H,45,54)(H,46,56)(H,60,61)/t16?,17-,18-,22+,23-,24-,25-,26-,28-,29-/m0/s1. The lowest BCUT2D eigenvalue weighted by atomic mass is 9.99. The molecule has 2 heterocycles. The summed E-state index contributed by atoms with van der Waals surface area (Å²) in [6, 6.07) is -5.38. The smallest absolute Gasteiger partial charge is 0.328 e. The van der Waals surface area contributed by atoms with Gasteiger partial charge in [0.05, 0.1) is 31.8 Å². The van der Waals surface area contributed by atoms with Gasteiger partial charge in [0.15, 0.2) is 0 Å². The van der Waals surface area contributed by atoms with Gasteiger partial charge in [0.1, 0.15) is 42.3 Å². The molecule has 1 saturated heterocycles. The van der Waals surface area contributed by atoms with E-state index in [0.717, 1.165) is 4.90 Å². The van der Waals surface area contributed by atoms with E-state index in [9.17, 15) is 68.7 Å². The number of aliphatic carboxylic acids is 1. The topological polar surface area (TPSA) is 398 Å². The SMILES string of the molecule is CC(CO)[C@H](NC(=O)[C@H](CO)NC(=O)[C@H](CC(N)=O)NC(=O)[C@H](C)NC(=O)[C@@H]1[C@@H](O)CCN1C(=O)[C@H](C)N)C(=O)N[C@H](Cc1c[nH]c2ccccc12)C(=O)N[C@@H](CO)C(=O)O. The molecule has 16 N–H and O–H groups in total. The maximum Gasteiger partial charge on any atom is 0.328 e. The Morgan fingerprint density at radius 2 is 1.34 bits per heavy atom. The molecule has 336 valence electrons. The molecule has 61 heavy (non-hydrogen) atoms. The van der Waals surface area contributed by atoms with Gasteiger partial charge in [-0.05, 0) is 31.9 Å². The number of aromatic nitrogens is 1. The number of para-hydroxylation sites is 1. The monoisotopic (exact) mass is 862 g/mol.